The summed E-state index contributed by atoms with van der Waals surface area (Å²) in [5.41, 5.74) is 5.88. The van der Waals surface area contributed by atoms with Crippen LogP contribution in [0.1, 0.15) is 72.1 Å². The Kier molecular flexibility index (Phi) is 7.57. The fourth-order valence-electron chi connectivity index (χ4n) is 3.14. The molecule has 1 aliphatic rings. The Bertz CT molecular complexity index is 277. The minimum atomic E-state index is -0.0261. The lowest BCUT2D eigenvalue weighted by Gasteiger charge is -2.30. The second kappa shape index (κ2) is 8.66. The topological polar surface area (TPSA) is 52.3 Å². The number of hydrogen-bond donors (Lipinski definition) is 1. The van der Waals surface area contributed by atoms with Crippen LogP contribution in [0.3, 0.4) is 0 Å². The van der Waals surface area contributed by atoms with Crippen molar-refractivity contribution < 1.29 is 9.53 Å². The van der Waals surface area contributed by atoms with Crippen LogP contribution in [0.25, 0.3) is 0 Å². The molecule has 0 amide bonds. The zero-order chi connectivity index (χ0) is 15.0. The summed E-state index contributed by atoms with van der Waals surface area (Å²) in [6.45, 7) is 8.00. The Hall–Kier alpha value is -0.570. The van der Waals surface area contributed by atoms with Gasteiger partial charge in [-0.2, -0.15) is 0 Å². The van der Waals surface area contributed by atoms with Crippen molar-refractivity contribution in [3.63, 3.8) is 0 Å². The van der Waals surface area contributed by atoms with Gasteiger partial charge in [0.05, 0.1) is 6.61 Å². The molecule has 0 aromatic heterocycles. The van der Waals surface area contributed by atoms with Gasteiger partial charge >= 0.3 is 5.97 Å². The summed E-state index contributed by atoms with van der Waals surface area (Å²) < 4.78 is 5.45. The van der Waals surface area contributed by atoms with Crippen molar-refractivity contribution >= 4 is 5.97 Å². The molecular weight excluding hydrogens is 250 g/mol. The standard InChI is InChI=1S/C17H33NO2/c1-17(2,3)15(11-12-18)9-10-16(19)20-13-14-7-5-4-6-8-14/h14-15H,4-13,18H2,1-3H3. The van der Waals surface area contributed by atoms with Crippen LogP contribution in [0.4, 0.5) is 0 Å². The van der Waals surface area contributed by atoms with Gasteiger partial charge in [-0.25, -0.2) is 0 Å². The fourth-order valence-corrected chi connectivity index (χ4v) is 3.14. The lowest BCUT2D eigenvalue weighted by molar-refractivity contribution is -0.145. The highest BCUT2D eigenvalue weighted by molar-refractivity contribution is 5.69. The lowest BCUT2D eigenvalue weighted by atomic mass is 9.76. The van der Waals surface area contributed by atoms with Gasteiger partial charge in [0.15, 0.2) is 0 Å². The number of hydrogen-bond acceptors (Lipinski definition) is 3. The van der Waals surface area contributed by atoms with E-state index in [4.69, 9.17) is 10.5 Å². The van der Waals surface area contributed by atoms with E-state index in [1.54, 1.807) is 0 Å². The molecule has 0 radical (unpaired) electrons. The van der Waals surface area contributed by atoms with Crippen molar-refractivity contribution in [1.29, 1.82) is 0 Å². The molecule has 118 valence electrons. The van der Waals surface area contributed by atoms with E-state index in [9.17, 15) is 4.79 Å². The quantitative estimate of drug-likeness (QED) is 0.721. The van der Waals surface area contributed by atoms with Crippen LogP contribution in [0.2, 0.25) is 0 Å². The molecular formula is C17H33NO2. The van der Waals surface area contributed by atoms with Gasteiger partial charge in [-0.15, -0.1) is 0 Å². The van der Waals surface area contributed by atoms with Gasteiger partial charge in [0.1, 0.15) is 0 Å². The summed E-state index contributed by atoms with van der Waals surface area (Å²) in [5, 5.41) is 0. The van der Waals surface area contributed by atoms with Crippen molar-refractivity contribution in [3.8, 4) is 0 Å². The summed E-state index contributed by atoms with van der Waals surface area (Å²) in [6, 6.07) is 0. The van der Waals surface area contributed by atoms with E-state index in [2.05, 4.69) is 20.8 Å². The van der Waals surface area contributed by atoms with Gasteiger partial charge in [-0.1, -0.05) is 40.0 Å². The van der Waals surface area contributed by atoms with Crippen LogP contribution in [-0.4, -0.2) is 19.1 Å². The molecule has 1 saturated carbocycles. The molecule has 1 aliphatic carbocycles. The Morgan fingerprint density at radius 3 is 2.40 bits per heavy atom. The van der Waals surface area contributed by atoms with Crippen molar-refractivity contribution in [2.24, 2.45) is 23.0 Å². The van der Waals surface area contributed by atoms with Crippen LogP contribution >= 0.6 is 0 Å². The molecule has 0 bridgehead atoms. The van der Waals surface area contributed by atoms with E-state index >= 15 is 0 Å². The van der Waals surface area contributed by atoms with Crippen LogP contribution in [-0.2, 0) is 9.53 Å². The van der Waals surface area contributed by atoms with Gasteiger partial charge in [-0.05, 0) is 49.5 Å². The first-order valence-electron chi connectivity index (χ1n) is 8.29. The first kappa shape index (κ1) is 17.5. The molecule has 0 aromatic carbocycles. The fraction of sp³-hybridized carbons (Fsp3) is 0.941. The molecule has 1 unspecified atom stereocenters. The molecule has 3 nitrogen and oxygen atoms in total. The minimum absolute atomic E-state index is 0.0261. The third-order valence-electron chi connectivity index (χ3n) is 4.64. The maximum atomic E-state index is 11.9. The zero-order valence-corrected chi connectivity index (χ0v) is 13.6. The smallest absolute Gasteiger partial charge is 0.305 e. The highest BCUT2D eigenvalue weighted by Gasteiger charge is 2.25. The molecule has 1 atom stereocenters. The second-order valence-corrected chi connectivity index (χ2v) is 7.37. The third kappa shape index (κ3) is 6.74. The first-order valence-corrected chi connectivity index (χ1v) is 8.29. The van der Waals surface area contributed by atoms with Crippen LogP contribution in [0.15, 0.2) is 0 Å². The van der Waals surface area contributed by atoms with Gasteiger partial charge in [0, 0.05) is 6.42 Å². The monoisotopic (exact) mass is 283 g/mol. The third-order valence-corrected chi connectivity index (χ3v) is 4.64. The van der Waals surface area contributed by atoms with Crippen LogP contribution in [0.5, 0.6) is 0 Å². The first-order chi connectivity index (χ1) is 9.43. The van der Waals surface area contributed by atoms with Crippen molar-refractivity contribution in [3.05, 3.63) is 0 Å². The summed E-state index contributed by atoms with van der Waals surface area (Å²) in [6.07, 6.45) is 8.81. The van der Waals surface area contributed by atoms with E-state index in [0.29, 0.717) is 31.4 Å². The number of carbonyl (C=O) groups excluding carboxylic acids is 1. The average molecular weight is 283 g/mol. The van der Waals surface area contributed by atoms with E-state index < -0.39 is 0 Å². The average Bonchev–Trinajstić information content (AvgIpc) is 2.41. The minimum Gasteiger partial charge on any atom is -0.465 e. The number of carbonyl (C=O) groups is 1. The molecule has 3 heteroatoms. The lowest BCUT2D eigenvalue weighted by Crippen LogP contribution is -2.25. The van der Waals surface area contributed by atoms with Crippen molar-refractivity contribution in [2.45, 2.75) is 72.1 Å². The zero-order valence-electron chi connectivity index (χ0n) is 13.6. The van der Waals surface area contributed by atoms with E-state index in [-0.39, 0.29) is 11.4 Å². The highest BCUT2D eigenvalue weighted by Crippen LogP contribution is 2.32. The Balaban J connectivity index is 2.23. The Morgan fingerprint density at radius 1 is 1.20 bits per heavy atom. The number of rotatable bonds is 7. The largest absolute Gasteiger partial charge is 0.465 e. The second-order valence-electron chi connectivity index (χ2n) is 7.37. The van der Waals surface area contributed by atoms with Crippen molar-refractivity contribution in [1.82, 2.24) is 0 Å². The SMILES string of the molecule is CC(C)(C)C(CCN)CCC(=O)OCC1CCCCC1. The van der Waals surface area contributed by atoms with E-state index in [1.807, 2.05) is 0 Å². The van der Waals surface area contributed by atoms with Gasteiger partial charge in [0.25, 0.3) is 0 Å². The molecule has 2 N–H and O–H groups in total. The van der Waals surface area contributed by atoms with Crippen molar-refractivity contribution in [2.75, 3.05) is 13.2 Å². The molecule has 1 rings (SSSR count). The maximum Gasteiger partial charge on any atom is 0.305 e. The van der Waals surface area contributed by atoms with Gasteiger partial charge in [-0.3, -0.25) is 4.79 Å². The maximum absolute atomic E-state index is 11.9. The molecule has 0 saturated heterocycles. The Labute approximate surface area is 124 Å². The van der Waals surface area contributed by atoms with Gasteiger partial charge in [0.2, 0.25) is 0 Å². The molecule has 0 aliphatic heterocycles. The number of ether oxygens (including phenoxy) is 1. The van der Waals surface area contributed by atoms with Crippen LogP contribution in [0, 0.1) is 17.3 Å². The van der Waals surface area contributed by atoms with Crippen LogP contribution < -0.4 is 5.73 Å². The van der Waals surface area contributed by atoms with E-state index in [0.717, 1.165) is 12.8 Å². The number of nitrogens with two attached hydrogens (primary N) is 1. The molecule has 1 fully saturated rings. The van der Waals surface area contributed by atoms with Gasteiger partial charge < -0.3 is 10.5 Å². The predicted octanol–water partition coefficient (Wildman–Crippen LogP) is 3.90. The molecule has 0 heterocycles. The Morgan fingerprint density at radius 2 is 1.85 bits per heavy atom. The predicted molar refractivity (Wildman–Crippen MR) is 83.4 cm³/mol. The highest BCUT2D eigenvalue weighted by atomic mass is 16.5. The molecule has 20 heavy (non-hydrogen) atoms. The van der Waals surface area contributed by atoms with E-state index in [1.165, 1.54) is 32.1 Å². The number of esters is 1. The molecule has 0 aromatic rings. The summed E-state index contributed by atoms with van der Waals surface area (Å²) >= 11 is 0. The molecule has 0 spiro atoms. The summed E-state index contributed by atoms with van der Waals surface area (Å²) in [4.78, 5) is 11.9. The summed E-state index contributed by atoms with van der Waals surface area (Å²) in [7, 11) is 0. The normalized spacial score (nSPS) is 18.8. The summed E-state index contributed by atoms with van der Waals surface area (Å²) in [5.74, 6) is 1.08.